The van der Waals surface area contributed by atoms with Gasteiger partial charge in [0.25, 0.3) is 11.8 Å². The van der Waals surface area contributed by atoms with Crippen molar-refractivity contribution >= 4 is 46.9 Å². The largest absolute Gasteiger partial charge is 0.493 e. The van der Waals surface area contributed by atoms with Crippen molar-refractivity contribution in [3.8, 4) is 17.2 Å². The molecule has 1 unspecified atom stereocenters. The Labute approximate surface area is 259 Å². The number of anilines is 2. The molecule has 1 atom stereocenters. The molecule has 4 aromatic rings. The lowest BCUT2D eigenvalue weighted by molar-refractivity contribution is -0.115. The molecule has 1 aliphatic heterocycles. The number of carbonyl (C=O) groups is 3. The van der Waals surface area contributed by atoms with Crippen LogP contribution < -0.4 is 30.2 Å². The van der Waals surface area contributed by atoms with Gasteiger partial charge in [0.2, 0.25) is 12.7 Å². The Kier molecular flexibility index (Phi) is 9.83. The zero-order valence-corrected chi connectivity index (χ0v) is 25.0. The van der Waals surface area contributed by atoms with E-state index in [9.17, 15) is 14.4 Å². The maximum atomic E-state index is 13.6. The predicted molar refractivity (Wildman–Crippen MR) is 171 cm³/mol. The summed E-state index contributed by atoms with van der Waals surface area (Å²) in [5, 5.41) is 8.08. The Bertz CT molecular complexity index is 1690. The highest BCUT2D eigenvalue weighted by atomic mass is 32.2. The summed E-state index contributed by atoms with van der Waals surface area (Å²) in [6.07, 6.45) is 1.59. The first-order valence-corrected chi connectivity index (χ1v) is 14.9. The highest BCUT2D eigenvalue weighted by Crippen LogP contribution is 2.35. The first-order chi connectivity index (χ1) is 21.4. The molecule has 0 spiro atoms. The summed E-state index contributed by atoms with van der Waals surface area (Å²) in [5.41, 5.74) is 2.20. The van der Waals surface area contributed by atoms with Crippen molar-refractivity contribution in [3.63, 3.8) is 0 Å². The Morgan fingerprint density at radius 3 is 2.43 bits per heavy atom. The standard InChI is InChI=1S/C34H31N3O6S/c1-3-41-29-15-8-7-12-24(29)18-28(37-33(39)23-10-5-4-6-11-23)34(40)36-25-13-9-14-27(19-25)44-22(2)32(38)35-26-16-17-30-31(20-26)43-21-42-30/h4-20,22H,3,21H2,1-2H3,(H,35,38)(H,36,40)(H,37,39)/b28-18+. The average molecular weight is 610 g/mol. The minimum atomic E-state index is -0.517. The number of fused-ring (bicyclic) bond motifs is 1. The minimum Gasteiger partial charge on any atom is -0.493 e. The zero-order chi connectivity index (χ0) is 30.9. The van der Waals surface area contributed by atoms with Crippen molar-refractivity contribution in [2.75, 3.05) is 24.0 Å². The molecule has 1 heterocycles. The summed E-state index contributed by atoms with van der Waals surface area (Å²) in [7, 11) is 0. The summed E-state index contributed by atoms with van der Waals surface area (Å²) in [4.78, 5) is 40.3. The van der Waals surface area contributed by atoms with E-state index < -0.39 is 17.1 Å². The third-order valence-electron chi connectivity index (χ3n) is 6.46. The van der Waals surface area contributed by atoms with Crippen LogP contribution >= 0.6 is 11.8 Å². The average Bonchev–Trinajstić information content (AvgIpc) is 3.50. The van der Waals surface area contributed by atoms with Crippen LogP contribution in [0.25, 0.3) is 6.08 Å². The second-order valence-corrected chi connectivity index (χ2v) is 11.1. The molecule has 1 aliphatic rings. The predicted octanol–water partition coefficient (Wildman–Crippen LogP) is 6.34. The summed E-state index contributed by atoms with van der Waals surface area (Å²) >= 11 is 1.34. The molecule has 9 nitrogen and oxygen atoms in total. The number of amides is 3. The van der Waals surface area contributed by atoms with Crippen molar-refractivity contribution in [2.24, 2.45) is 0 Å². The molecule has 5 rings (SSSR count). The van der Waals surface area contributed by atoms with Crippen molar-refractivity contribution < 1.29 is 28.6 Å². The molecule has 0 fully saturated rings. The van der Waals surface area contributed by atoms with E-state index in [2.05, 4.69) is 16.0 Å². The Hall–Kier alpha value is -5.22. The van der Waals surface area contributed by atoms with Gasteiger partial charge in [-0.15, -0.1) is 11.8 Å². The molecule has 3 N–H and O–H groups in total. The fraction of sp³-hybridized carbons (Fsp3) is 0.147. The van der Waals surface area contributed by atoms with Crippen molar-refractivity contribution in [2.45, 2.75) is 24.0 Å². The second-order valence-electron chi connectivity index (χ2n) is 9.65. The Morgan fingerprint density at radius 2 is 1.61 bits per heavy atom. The van der Waals surface area contributed by atoms with Gasteiger partial charge in [-0.2, -0.15) is 0 Å². The van der Waals surface area contributed by atoms with Gasteiger partial charge in [-0.3, -0.25) is 14.4 Å². The molecule has 10 heteroatoms. The number of benzene rings is 4. The zero-order valence-electron chi connectivity index (χ0n) is 24.2. The third-order valence-corrected chi connectivity index (χ3v) is 7.56. The van der Waals surface area contributed by atoms with Crippen LogP contribution in [-0.4, -0.2) is 36.4 Å². The van der Waals surface area contributed by atoms with Crippen LogP contribution in [0.5, 0.6) is 17.2 Å². The number of hydrogen-bond acceptors (Lipinski definition) is 7. The maximum absolute atomic E-state index is 13.6. The summed E-state index contributed by atoms with van der Waals surface area (Å²) in [6, 6.07) is 28.3. The smallest absolute Gasteiger partial charge is 0.272 e. The molecule has 0 saturated heterocycles. The van der Waals surface area contributed by atoms with E-state index in [1.165, 1.54) is 11.8 Å². The number of rotatable bonds is 11. The molecule has 0 bridgehead atoms. The summed E-state index contributed by atoms with van der Waals surface area (Å²) < 4.78 is 16.4. The van der Waals surface area contributed by atoms with Gasteiger partial charge < -0.3 is 30.2 Å². The number of nitrogens with one attached hydrogen (secondary N) is 3. The molecule has 0 saturated carbocycles. The van der Waals surface area contributed by atoms with Crippen LogP contribution in [0.3, 0.4) is 0 Å². The molecule has 4 aromatic carbocycles. The van der Waals surface area contributed by atoms with Crippen LogP contribution in [0.2, 0.25) is 0 Å². The fourth-order valence-corrected chi connectivity index (χ4v) is 5.23. The molecule has 44 heavy (non-hydrogen) atoms. The number of para-hydroxylation sites is 1. The SMILES string of the molecule is CCOc1ccccc1/C=C(/NC(=O)c1ccccc1)C(=O)Nc1cccc(SC(C)C(=O)Nc2ccc3c(c2)OCO3)c1. The van der Waals surface area contributed by atoms with Crippen LogP contribution in [0.15, 0.2) is 108 Å². The Balaban J connectivity index is 1.30. The van der Waals surface area contributed by atoms with Gasteiger partial charge in [-0.25, -0.2) is 0 Å². The maximum Gasteiger partial charge on any atom is 0.272 e. The topological polar surface area (TPSA) is 115 Å². The van der Waals surface area contributed by atoms with E-state index in [-0.39, 0.29) is 18.4 Å². The van der Waals surface area contributed by atoms with Crippen LogP contribution in [0.1, 0.15) is 29.8 Å². The van der Waals surface area contributed by atoms with E-state index in [0.29, 0.717) is 46.4 Å². The van der Waals surface area contributed by atoms with Gasteiger partial charge in [0.05, 0.1) is 11.9 Å². The number of thioether (sulfide) groups is 1. The molecule has 0 radical (unpaired) electrons. The van der Waals surface area contributed by atoms with E-state index in [1.807, 2.05) is 31.2 Å². The molecule has 0 aliphatic carbocycles. The van der Waals surface area contributed by atoms with Crippen LogP contribution in [0, 0.1) is 0 Å². The third kappa shape index (κ3) is 7.78. The summed E-state index contributed by atoms with van der Waals surface area (Å²) in [6.45, 7) is 4.27. The van der Waals surface area contributed by atoms with Gasteiger partial charge in [-0.05, 0) is 68.5 Å². The first-order valence-electron chi connectivity index (χ1n) is 14.0. The monoisotopic (exact) mass is 609 g/mol. The van der Waals surface area contributed by atoms with Crippen molar-refractivity contribution in [3.05, 3.63) is 114 Å². The highest BCUT2D eigenvalue weighted by Gasteiger charge is 2.19. The minimum absolute atomic E-state index is 0.0422. The number of hydrogen-bond donors (Lipinski definition) is 3. The molecule has 3 amide bonds. The highest BCUT2D eigenvalue weighted by molar-refractivity contribution is 8.00. The molecular weight excluding hydrogens is 578 g/mol. The van der Waals surface area contributed by atoms with Gasteiger partial charge >= 0.3 is 0 Å². The normalized spacial score (nSPS) is 12.6. The number of ether oxygens (including phenoxy) is 3. The molecular formula is C34H31N3O6S. The van der Waals surface area contributed by atoms with E-state index in [0.717, 1.165) is 4.90 Å². The molecule has 224 valence electrons. The van der Waals surface area contributed by atoms with Crippen molar-refractivity contribution in [1.82, 2.24) is 5.32 Å². The summed E-state index contributed by atoms with van der Waals surface area (Å²) in [5.74, 6) is 0.677. The first kappa shape index (κ1) is 30.2. The Morgan fingerprint density at radius 1 is 0.864 bits per heavy atom. The lowest BCUT2D eigenvalue weighted by Gasteiger charge is -2.15. The molecule has 0 aromatic heterocycles. The fourth-order valence-electron chi connectivity index (χ4n) is 4.31. The lowest BCUT2D eigenvalue weighted by Crippen LogP contribution is -2.30. The number of carbonyl (C=O) groups excluding carboxylic acids is 3. The van der Waals surface area contributed by atoms with Crippen molar-refractivity contribution in [1.29, 1.82) is 0 Å². The van der Waals surface area contributed by atoms with Gasteiger partial charge in [0.1, 0.15) is 11.4 Å². The van der Waals surface area contributed by atoms with Crippen LogP contribution in [0.4, 0.5) is 11.4 Å². The van der Waals surface area contributed by atoms with E-state index in [4.69, 9.17) is 14.2 Å². The van der Waals surface area contributed by atoms with E-state index >= 15 is 0 Å². The van der Waals surface area contributed by atoms with Gasteiger partial charge in [-0.1, -0.05) is 42.5 Å². The van der Waals surface area contributed by atoms with Crippen LogP contribution in [-0.2, 0) is 9.59 Å². The van der Waals surface area contributed by atoms with Gasteiger partial charge in [0, 0.05) is 33.5 Å². The van der Waals surface area contributed by atoms with Gasteiger partial charge in [0.15, 0.2) is 11.5 Å². The second kappa shape index (κ2) is 14.3. The quantitative estimate of drug-likeness (QED) is 0.134. The van der Waals surface area contributed by atoms with E-state index in [1.54, 1.807) is 85.8 Å². The lowest BCUT2D eigenvalue weighted by atomic mass is 10.1.